The molecule has 0 amide bonds. The first-order chi connectivity index (χ1) is 9.50. The first-order valence-electron chi connectivity index (χ1n) is 7.04. The molecule has 0 fully saturated rings. The van der Waals surface area contributed by atoms with Gasteiger partial charge in [0, 0.05) is 6.54 Å². The van der Waals surface area contributed by atoms with Crippen molar-refractivity contribution in [2.45, 2.75) is 26.2 Å². The number of ether oxygens (including phenoxy) is 1. The molecule has 0 heterocycles. The molecule has 0 unspecified atom stereocenters. The lowest BCUT2D eigenvalue weighted by Crippen LogP contribution is -2.10. The van der Waals surface area contributed by atoms with Crippen LogP contribution in [0, 0.1) is 0 Å². The van der Waals surface area contributed by atoms with Gasteiger partial charge in [0.2, 0.25) is 0 Å². The standard InChI is InChI=1S/C18H23NO/c1-18(2,3)16-8-4-14(5-9-16)15-6-10-17(11-7-15)20-13-12-19/h4-11H,12-13,19H2,1-3H3. The summed E-state index contributed by atoms with van der Waals surface area (Å²) in [6, 6.07) is 16.9. The third kappa shape index (κ3) is 3.61. The van der Waals surface area contributed by atoms with Gasteiger partial charge in [0.05, 0.1) is 0 Å². The lowest BCUT2D eigenvalue weighted by molar-refractivity contribution is 0.328. The highest BCUT2D eigenvalue weighted by Gasteiger charge is 2.12. The minimum absolute atomic E-state index is 0.193. The predicted molar refractivity (Wildman–Crippen MR) is 85.1 cm³/mol. The topological polar surface area (TPSA) is 35.2 Å². The van der Waals surface area contributed by atoms with Crippen molar-refractivity contribution in [2.75, 3.05) is 13.2 Å². The summed E-state index contributed by atoms with van der Waals surface area (Å²) >= 11 is 0. The highest BCUT2D eigenvalue weighted by molar-refractivity contribution is 5.64. The average molecular weight is 269 g/mol. The largest absolute Gasteiger partial charge is 0.492 e. The second-order valence-corrected chi connectivity index (χ2v) is 5.99. The van der Waals surface area contributed by atoms with Gasteiger partial charge in [0.25, 0.3) is 0 Å². The normalized spacial score (nSPS) is 11.4. The van der Waals surface area contributed by atoms with Crippen LogP contribution in [0.15, 0.2) is 48.5 Å². The van der Waals surface area contributed by atoms with Crippen LogP contribution < -0.4 is 10.5 Å². The average Bonchev–Trinajstić information content (AvgIpc) is 2.45. The smallest absolute Gasteiger partial charge is 0.119 e. The monoisotopic (exact) mass is 269 g/mol. The third-order valence-corrected chi connectivity index (χ3v) is 3.33. The van der Waals surface area contributed by atoms with Gasteiger partial charge >= 0.3 is 0 Å². The van der Waals surface area contributed by atoms with Crippen molar-refractivity contribution >= 4 is 0 Å². The van der Waals surface area contributed by atoms with Crippen LogP contribution in [0.25, 0.3) is 11.1 Å². The van der Waals surface area contributed by atoms with Crippen molar-refractivity contribution in [1.82, 2.24) is 0 Å². The van der Waals surface area contributed by atoms with Crippen LogP contribution in [0.5, 0.6) is 5.75 Å². The predicted octanol–water partition coefficient (Wildman–Crippen LogP) is 3.99. The van der Waals surface area contributed by atoms with Crippen molar-refractivity contribution in [1.29, 1.82) is 0 Å². The molecule has 2 heteroatoms. The lowest BCUT2D eigenvalue weighted by atomic mass is 9.86. The molecule has 20 heavy (non-hydrogen) atoms. The quantitative estimate of drug-likeness (QED) is 0.911. The molecule has 106 valence electrons. The van der Waals surface area contributed by atoms with E-state index in [0.717, 1.165) is 5.75 Å². The van der Waals surface area contributed by atoms with Gasteiger partial charge in [-0.25, -0.2) is 0 Å². The third-order valence-electron chi connectivity index (χ3n) is 3.33. The van der Waals surface area contributed by atoms with Crippen LogP contribution in [0.4, 0.5) is 0 Å². The van der Waals surface area contributed by atoms with Gasteiger partial charge in [-0.05, 0) is 34.2 Å². The fraction of sp³-hybridized carbons (Fsp3) is 0.333. The van der Waals surface area contributed by atoms with E-state index in [0.29, 0.717) is 13.2 Å². The number of nitrogens with two attached hydrogens (primary N) is 1. The molecule has 2 aromatic carbocycles. The molecule has 0 saturated heterocycles. The Morgan fingerprint density at radius 3 is 1.80 bits per heavy atom. The molecule has 0 aliphatic rings. The molecule has 0 atom stereocenters. The summed E-state index contributed by atoms with van der Waals surface area (Å²) in [5.74, 6) is 0.866. The fourth-order valence-electron chi connectivity index (χ4n) is 2.08. The van der Waals surface area contributed by atoms with E-state index in [1.807, 2.05) is 12.1 Å². The Morgan fingerprint density at radius 1 is 0.850 bits per heavy atom. The zero-order valence-corrected chi connectivity index (χ0v) is 12.5. The van der Waals surface area contributed by atoms with Crippen LogP contribution in [0.1, 0.15) is 26.3 Å². The van der Waals surface area contributed by atoms with E-state index in [1.165, 1.54) is 16.7 Å². The molecule has 2 aromatic rings. The molecule has 0 radical (unpaired) electrons. The molecular weight excluding hydrogens is 246 g/mol. The molecule has 0 saturated carbocycles. The Bertz CT molecular complexity index is 535. The van der Waals surface area contributed by atoms with E-state index in [1.54, 1.807) is 0 Å². The van der Waals surface area contributed by atoms with Gasteiger partial charge in [0.1, 0.15) is 12.4 Å². The van der Waals surface area contributed by atoms with Crippen molar-refractivity contribution in [3.8, 4) is 16.9 Å². The maximum Gasteiger partial charge on any atom is 0.119 e. The molecule has 2 nitrogen and oxygen atoms in total. The molecule has 2 N–H and O–H groups in total. The van der Waals surface area contributed by atoms with E-state index in [-0.39, 0.29) is 5.41 Å². The number of hydrogen-bond acceptors (Lipinski definition) is 2. The van der Waals surface area contributed by atoms with Crippen LogP contribution in [-0.2, 0) is 5.41 Å². The highest BCUT2D eigenvalue weighted by Crippen LogP contribution is 2.27. The minimum atomic E-state index is 0.193. The number of rotatable bonds is 4. The summed E-state index contributed by atoms with van der Waals surface area (Å²) in [6.45, 7) is 7.78. The van der Waals surface area contributed by atoms with Crippen molar-refractivity contribution in [3.63, 3.8) is 0 Å². The van der Waals surface area contributed by atoms with E-state index in [2.05, 4.69) is 57.2 Å². The maximum atomic E-state index is 5.48. The van der Waals surface area contributed by atoms with Crippen LogP contribution >= 0.6 is 0 Å². The molecule has 0 aliphatic heterocycles. The van der Waals surface area contributed by atoms with Crippen molar-refractivity contribution in [3.05, 3.63) is 54.1 Å². The molecule has 2 rings (SSSR count). The summed E-state index contributed by atoms with van der Waals surface area (Å²) in [7, 11) is 0. The maximum absolute atomic E-state index is 5.48. The second-order valence-electron chi connectivity index (χ2n) is 5.99. The van der Waals surface area contributed by atoms with Gasteiger partial charge < -0.3 is 10.5 Å². The molecule has 0 bridgehead atoms. The Morgan fingerprint density at radius 2 is 1.35 bits per heavy atom. The minimum Gasteiger partial charge on any atom is -0.492 e. The van der Waals surface area contributed by atoms with E-state index >= 15 is 0 Å². The summed E-state index contributed by atoms with van der Waals surface area (Å²) < 4.78 is 5.48. The Balaban J connectivity index is 2.15. The molecule has 0 spiro atoms. The van der Waals surface area contributed by atoms with Crippen LogP contribution in [0.2, 0.25) is 0 Å². The summed E-state index contributed by atoms with van der Waals surface area (Å²) in [5.41, 5.74) is 9.39. The van der Waals surface area contributed by atoms with Crippen LogP contribution in [0.3, 0.4) is 0 Å². The number of benzene rings is 2. The SMILES string of the molecule is CC(C)(C)c1ccc(-c2ccc(OCCN)cc2)cc1. The number of hydrogen-bond donors (Lipinski definition) is 1. The second kappa shape index (κ2) is 6.10. The van der Waals surface area contributed by atoms with Gasteiger partial charge in [-0.15, -0.1) is 0 Å². The van der Waals surface area contributed by atoms with Gasteiger partial charge in [-0.3, -0.25) is 0 Å². The molecule has 0 aliphatic carbocycles. The Hall–Kier alpha value is -1.80. The first-order valence-corrected chi connectivity index (χ1v) is 7.04. The fourth-order valence-corrected chi connectivity index (χ4v) is 2.08. The van der Waals surface area contributed by atoms with Crippen molar-refractivity contribution < 1.29 is 4.74 Å². The summed E-state index contributed by atoms with van der Waals surface area (Å²) in [6.07, 6.45) is 0. The van der Waals surface area contributed by atoms with E-state index in [9.17, 15) is 0 Å². The molecular formula is C18H23NO. The van der Waals surface area contributed by atoms with E-state index in [4.69, 9.17) is 10.5 Å². The zero-order valence-electron chi connectivity index (χ0n) is 12.5. The summed E-state index contributed by atoms with van der Waals surface area (Å²) in [5, 5.41) is 0. The zero-order chi connectivity index (χ0) is 14.6. The Kier molecular flexibility index (Phi) is 4.46. The van der Waals surface area contributed by atoms with Gasteiger partial charge in [-0.2, -0.15) is 0 Å². The Labute approximate surface area is 121 Å². The van der Waals surface area contributed by atoms with Gasteiger partial charge in [0.15, 0.2) is 0 Å². The lowest BCUT2D eigenvalue weighted by Gasteiger charge is -2.19. The highest BCUT2D eigenvalue weighted by atomic mass is 16.5. The van der Waals surface area contributed by atoms with Crippen LogP contribution in [-0.4, -0.2) is 13.2 Å². The van der Waals surface area contributed by atoms with Crippen molar-refractivity contribution in [2.24, 2.45) is 5.73 Å². The van der Waals surface area contributed by atoms with E-state index < -0.39 is 0 Å². The molecule has 0 aromatic heterocycles. The first kappa shape index (κ1) is 14.6. The summed E-state index contributed by atoms with van der Waals surface area (Å²) in [4.78, 5) is 0. The van der Waals surface area contributed by atoms with Gasteiger partial charge in [-0.1, -0.05) is 57.2 Å².